The summed E-state index contributed by atoms with van der Waals surface area (Å²) in [5.41, 5.74) is 23.8. The number of carbonyl (C=O) groups is 1. The summed E-state index contributed by atoms with van der Waals surface area (Å²) >= 11 is 0. The van der Waals surface area contributed by atoms with Crippen LogP contribution in [0.15, 0.2) is 0 Å². The molecule has 2 heterocycles. The number of amides is 1. The van der Waals surface area contributed by atoms with E-state index in [4.69, 9.17) is 47.0 Å². The highest BCUT2D eigenvalue weighted by molar-refractivity contribution is 5.81. The van der Waals surface area contributed by atoms with Crippen molar-refractivity contribution in [2.45, 2.75) is 105 Å². The summed E-state index contributed by atoms with van der Waals surface area (Å²) in [6.45, 7) is -0.683. The molecular formula is C23H46N6O12. The zero-order valence-corrected chi connectivity index (χ0v) is 22.6. The molecule has 41 heavy (non-hydrogen) atoms. The van der Waals surface area contributed by atoms with Crippen molar-refractivity contribution in [2.24, 2.45) is 22.9 Å². The van der Waals surface area contributed by atoms with E-state index < -0.39 is 104 Å². The fourth-order valence-corrected chi connectivity index (χ4v) is 5.21. The summed E-state index contributed by atoms with van der Waals surface area (Å²) in [7, 11) is 0. The Balaban J connectivity index is 1.80. The minimum atomic E-state index is -1.60. The van der Waals surface area contributed by atoms with E-state index in [9.17, 15) is 35.4 Å². The third-order valence-corrected chi connectivity index (χ3v) is 7.63. The minimum Gasteiger partial charge on any atom is -0.395 e. The molecule has 1 amide bonds. The van der Waals surface area contributed by atoms with Crippen LogP contribution in [-0.4, -0.2) is 166 Å². The van der Waals surface area contributed by atoms with E-state index in [-0.39, 0.29) is 39.1 Å². The number of hydrogen-bond donors (Lipinski definition) is 13. The second-order valence-electron chi connectivity index (χ2n) is 10.7. The van der Waals surface area contributed by atoms with E-state index in [1.165, 1.54) is 0 Å². The number of hydrogen-bond acceptors (Lipinski definition) is 17. The molecule has 15 unspecified atom stereocenters. The average Bonchev–Trinajstić information content (AvgIpc) is 2.94. The summed E-state index contributed by atoms with van der Waals surface area (Å²) < 4.78 is 23.3. The van der Waals surface area contributed by atoms with Crippen LogP contribution in [0.3, 0.4) is 0 Å². The summed E-state index contributed by atoms with van der Waals surface area (Å²) in [5, 5.41) is 76.5. The van der Waals surface area contributed by atoms with Crippen LogP contribution < -0.4 is 33.6 Å². The molecule has 0 radical (unpaired) electrons. The van der Waals surface area contributed by atoms with Crippen LogP contribution >= 0.6 is 0 Å². The highest BCUT2D eigenvalue weighted by Gasteiger charge is 2.51. The molecule has 18 heteroatoms. The van der Waals surface area contributed by atoms with E-state index in [0.717, 1.165) is 0 Å². The van der Waals surface area contributed by atoms with Gasteiger partial charge in [-0.05, 0) is 12.8 Å². The topological polar surface area (TPSA) is 324 Å². The first-order chi connectivity index (χ1) is 19.4. The SMILES string of the molecule is NCC(O)C(=O)NC1CC(N)C(OC2OC(CNCCO)C(O)CC2N)C(O)C1OC1OC(CO)C(O)C(N)C1O. The Morgan fingerprint density at radius 3 is 2.20 bits per heavy atom. The first-order valence-electron chi connectivity index (χ1n) is 13.6. The lowest BCUT2D eigenvalue weighted by Crippen LogP contribution is -2.69. The molecule has 2 saturated heterocycles. The molecule has 3 rings (SSSR count). The number of nitrogens with one attached hydrogen (secondary N) is 2. The summed E-state index contributed by atoms with van der Waals surface area (Å²) in [6, 6.07) is -4.05. The Morgan fingerprint density at radius 1 is 0.902 bits per heavy atom. The summed E-state index contributed by atoms with van der Waals surface area (Å²) in [5.74, 6) is -0.861. The minimum absolute atomic E-state index is 0.0532. The van der Waals surface area contributed by atoms with Gasteiger partial charge < -0.3 is 88.3 Å². The van der Waals surface area contributed by atoms with Gasteiger partial charge in [-0.25, -0.2) is 0 Å². The molecule has 3 fully saturated rings. The van der Waals surface area contributed by atoms with Gasteiger partial charge in [0.2, 0.25) is 5.91 Å². The number of carbonyl (C=O) groups excluding carboxylic acids is 1. The molecular weight excluding hydrogens is 552 g/mol. The standard InChI is InChI=1S/C23H46N6O12/c24-5-12(33)21(37)29-10-3-8(25)19(40-22-9(26)4-11(32)13(38-22)6-28-1-2-30)18(36)20(10)41-23-17(35)15(27)16(34)14(7-31)39-23/h8-20,22-23,28,30-36H,1-7,24-27H2,(H,29,37). The fourth-order valence-electron chi connectivity index (χ4n) is 5.21. The van der Waals surface area contributed by atoms with Crippen molar-refractivity contribution in [3.05, 3.63) is 0 Å². The van der Waals surface area contributed by atoms with Crippen LogP contribution in [0.4, 0.5) is 0 Å². The molecule has 0 spiro atoms. The third-order valence-electron chi connectivity index (χ3n) is 7.63. The largest absolute Gasteiger partial charge is 0.395 e. The molecule has 0 aromatic carbocycles. The average molecular weight is 599 g/mol. The Labute approximate surface area is 236 Å². The molecule has 3 aliphatic rings. The zero-order chi connectivity index (χ0) is 30.4. The van der Waals surface area contributed by atoms with Crippen molar-refractivity contribution in [1.29, 1.82) is 0 Å². The van der Waals surface area contributed by atoms with Gasteiger partial charge >= 0.3 is 0 Å². The van der Waals surface area contributed by atoms with Crippen LogP contribution in [0.25, 0.3) is 0 Å². The smallest absolute Gasteiger partial charge is 0.250 e. The highest BCUT2D eigenvalue weighted by Crippen LogP contribution is 2.31. The van der Waals surface area contributed by atoms with Gasteiger partial charge in [0, 0.05) is 25.7 Å². The third kappa shape index (κ3) is 8.26. The Bertz CT molecular complexity index is 819. The molecule has 240 valence electrons. The predicted molar refractivity (Wildman–Crippen MR) is 138 cm³/mol. The van der Waals surface area contributed by atoms with Crippen LogP contribution in [-0.2, 0) is 23.7 Å². The van der Waals surface area contributed by atoms with Gasteiger partial charge in [-0.15, -0.1) is 0 Å². The maximum absolute atomic E-state index is 12.5. The van der Waals surface area contributed by atoms with Crippen molar-refractivity contribution < 1.29 is 59.5 Å². The van der Waals surface area contributed by atoms with Crippen molar-refractivity contribution >= 4 is 5.91 Å². The van der Waals surface area contributed by atoms with Crippen LogP contribution in [0.1, 0.15) is 12.8 Å². The number of ether oxygens (including phenoxy) is 4. The molecule has 0 aromatic rings. The van der Waals surface area contributed by atoms with E-state index in [0.29, 0.717) is 0 Å². The number of aliphatic hydroxyl groups is 7. The van der Waals surface area contributed by atoms with Gasteiger partial charge in [0.1, 0.15) is 42.7 Å². The molecule has 17 N–H and O–H groups in total. The second kappa shape index (κ2) is 15.5. The van der Waals surface area contributed by atoms with Crippen molar-refractivity contribution in [1.82, 2.24) is 10.6 Å². The van der Waals surface area contributed by atoms with E-state index in [2.05, 4.69) is 10.6 Å². The van der Waals surface area contributed by atoms with E-state index in [1.807, 2.05) is 0 Å². The quantitative estimate of drug-likeness (QED) is 0.0927. The van der Waals surface area contributed by atoms with Gasteiger partial charge in [0.05, 0.1) is 43.5 Å². The first kappa shape index (κ1) is 34.3. The Kier molecular flexibility index (Phi) is 13.0. The molecule has 1 saturated carbocycles. The van der Waals surface area contributed by atoms with Crippen LogP contribution in [0.5, 0.6) is 0 Å². The van der Waals surface area contributed by atoms with Gasteiger partial charge in [-0.2, -0.15) is 0 Å². The maximum atomic E-state index is 12.5. The summed E-state index contributed by atoms with van der Waals surface area (Å²) in [6.07, 6.45) is -14.2. The number of nitrogens with two attached hydrogens (primary N) is 4. The lowest BCUT2D eigenvalue weighted by molar-refractivity contribution is -0.316. The number of aliphatic hydroxyl groups excluding tert-OH is 7. The highest BCUT2D eigenvalue weighted by atomic mass is 16.7. The normalized spacial score (nSPS) is 44.4. The van der Waals surface area contributed by atoms with E-state index in [1.54, 1.807) is 0 Å². The Morgan fingerprint density at radius 2 is 1.56 bits per heavy atom. The van der Waals surface area contributed by atoms with Gasteiger partial charge in [0.15, 0.2) is 12.6 Å². The second-order valence-corrected chi connectivity index (χ2v) is 10.7. The van der Waals surface area contributed by atoms with Crippen molar-refractivity contribution in [3.63, 3.8) is 0 Å². The molecule has 18 nitrogen and oxygen atoms in total. The molecule has 0 aromatic heterocycles. The van der Waals surface area contributed by atoms with Crippen LogP contribution in [0.2, 0.25) is 0 Å². The fraction of sp³-hybridized carbons (Fsp3) is 0.957. The van der Waals surface area contributed by atoms with Gasteiger partial charge in [-0.3, -0.25) is 4.79 Å². The summed E-state index contributed by atoms with van der Waals surface area (Å²) in [4.78, 5) is 12.5. The molecule has 0 bridgehead atoms. The van der Waals surface area contributed by atoms with Crippen LogP contribution in [0, 0.1) is 0 Å². The number of rotatable bonds is 12. The molecule has 2 aliphatic heterocycles. The zero-order valence-electron chi connectivity index (χ0n) is 22.6. The first-order valence-corrected chi connectivity index (χ1v) is 13.6. The maximum Gasteiger partial charge on any atom is 0.250 e. The molecule has 1 aliphatic carbocycles. The van der Waals surface area contributed by atoms with E-state index >= 15 is 0 Å². The monoisotopic (exact) mass is 598 g/mol. The molecule has 15 atom stereocenters. The van der Waals surface area contributed by atoms with Gasteiger partial charge in [0.25, 0.3) is 0 Å². The lowest BCUT2D eigenvalue weighted by atomic mass is 9.83. The van der Waals surface area contributed by atoms with Crippen molar-refractivity contribution in [3.8, 4) is 0 Å². The predicted octanol–water partition coefficient (Wildman–Crippen LogP) is -8.20. The van der Waals surface area contributed by atoms with Crippen molar-refractivity contribution in [2.75, 3.05) is 32.8 Å². The Hall–Kier alpha value is -1.17. The van der Waals surface area contributed by atoms with Gasteiger partial charge in [-0.1, -0.05) is 0 Å². The lowest BCUT2D eigenvalue weighted by Gasteiger charge is -2.48.